The predicted molar refractivity (Wildman–Crippen MR) is 134 cm³/mol. The number of anilines is 2. The van der Waals surface area contributed by atoms with Crippen molar-refractivity contribution in [2.24, 2.45) is 5.92 Å². The molecular formula is C26H29Cl2N3O. The summed E-state index contributed by atoms with van der Waals surface area (Å²) in [7, 11) is 2.17. The second-order valence-electron chi connectivity index (χ2n) is 9.18. The predicted octanol–water partition coefficient (Wildman–Crippen LogP) is 5.73. The summed E-state index contributed by atoms with van der Waals surface area (Å²) in [4.78, 5) is 20.5. The summed E-state index contributed by atoms with van der Waals surface area (Å²) in [6.07, 6.45) is 6.56. The Bertz CT molecular complexity index is 1050. The van der Waals surface area contributed by atoms with Crippen LogP contribution in [0.1, 0.15) is 31.2 Å². The molecule has 4 nitrogen and oxygen atoms in total. The Kier molecular flexibility index (Phi) is 6.20. The fourth-order valence-corrected chi connectivity index (χ4v) is 5.75. The second kappa shape index (κ2) is 9.09. The van der Waals surface area contributed by atoms with Crippen LogP contribution in [0.25, 0.3) is 6.08 Å². The second-order valence-corrected chi connectivity index (χ2v) is 10.00. The van der Waals surface area contributed by atoms with Gasteiger partial charge in [0.05, 0.1) is 10.0 Å². The molecular weight excluding hydrogens is 441 g/mol. The lowest BCUT2D eigenvalue weighted by atomic mass is 9.82. The highest BCUT2D eigenvalue weighted by atomic mass is 35.5. The largest absolute Gasteiger partial charge is 0.368 e. The zero-order valence-electron chi connectivity index (χ0n) is 18.4. The Balaban J connectivity index is 1.52. The van der Waals surface area contributed by atoms with E-state index in [0.29, 0.717) is 10.0 Å². The van der Waals surface area contributed by atoms with Gasteiger partial charge in [0.2, 0.25) is 0 Å². The van der Waals surface area contributed by atoms with E-state index in [2.05, 4.69) is 47.2 Å². The molecule has 3 aliphatic rings. The minimum Gasteiger partial charge on any atom is -0.368 e. The van der Waals surface area contributed by atoms with Crippen LogP contribution in [0.2, 0.25) is 10.0 Å². The Morgan fingerprint density at radius 3 is 2.47 bits per heavy atom. The zero-order valence-corrected chi connectivity index (χ0v) is 19.9. The zero-order chi connectivity index (χ0) is 22.2. The molecule has 3 fully saturated rings. The van der Waals surface area contributed by atoms with Crippen LogP contribution >= 0.6 is 23.2 Å². The van der Waals surface area contributed by atoms with Gasteiger partial charge in [-0.25, -0.2) is 0 Å². The minimum atomic E-state index is 0.105. The molecule has 2 saturated heterocycles. The van der Waals surface area contributed by atoms with Crippen LogP contribution in [0.5, 0.6) is 0 Å². The molecule has 2 aliphatic heterocycles. The summed E-state index contributed by atoms with van der Waals surface area (Å²) in [5.74, 6) is 0.361. The molecule has 168 valence electrons. The molecule has 1 amide bonds. The van der Waals surface area contributed by atoms with Gasteiger partial charge in [0.25, 0.3) is 5.91 Å². The van der Waals surface area contributed by atoms with E-state index >= 15 is 0 Å². The van der Waals surface area contributed by atoms with Crippen molar-refractivity contribution in [3.63, 3.8) is 0 Å². The molecule has 0 spiro atoms. The Hall–Kier alpha value is -2.01. The van der Waals surface area contributed by atoms with Crippen LogP contribution in [0.4, 0.5) is 11.4 Å². The molecule has 2 aromatic carbocycles. The Labute approximate surface area is 200 Å². The first-order chi connectivity index (χ1) is 15.5. The number of piperazine rings is 1. The number of carbonyl (C=O) groups is 1. The smallest absolute Gasteiger partial charge is 0.254 e. The van der Waals surface area contributed by atoms with Gasteiger partial charge in [0, 0.05) is 55.1 Å². The highest BCUT2D eigenvalue weighted by Crippen LogP contribution is 2.44. The minimum absolute atomic E-state index is 0.105. The highest BCUT2D eigenvalue weighted by molar-refractivity contribution is 6.42. The van der Waals surface area contributed by atoms with Crippen LogP contribution in [0.15, 0.2) is 48.0 Å². The lowest BCUT2D eigenvalue weighted by molar-refractivity contribution is -0.114. The normalized spacial score (nSPS) is 25.5. The summed E-state index contributed by atoms with van der Waals surface area (Å²) >= 11 is 12.4. The molecule has 32 heavy (non-hydrogen) atoms. The average Bonchev–Trinajstić information content (AvgIpc) is 3.08. The standard InChI is InChI=1S/C26H29Cl2N3O/c1-29-12-14-30(15-13-29)24-8-4-2-6-18(24)16-21-20-7-3-5-9-25(20)31(26(21)32)19-10-11-22(27)23(28)17-19/h2,4,6,8,10-11,16-17,20,25H,3,5,7,9,12-15H2,1H3. The molecule has 1 saturated carbocycles. The van der Waals surface area contributed by atoms with E-state index in [1.165, 1.54) is 12.1 Å². The number of halogens is 2. The summed E-state index contributed by atoms with van der Waals surface area (Å²) in [5, 5.41) is 1.00. The summed E-state index contributed by atoms with van der Waals surface area (Å²) in [6, 6.07) is 14.2. The van der Waals surface area contributed by atoms with Gasteiger partial charge in [0.1, 0.15) is 0 Å². The highest BCUT2D eigenvalue weighted by Gasteiger charge is 2.45. The van der Waals surface area contributed by atoms with Crippen LogP contribution in [0, 0.1) is 5.92 Å². The van der Waals surface area contributed by atoms with Crippen LogP contribution in [-0.4, -0.2) is 50.1 Å². The number of fused-ring (bicyclic) bond motifs is 1. The van der Waals surface area contributed by atoms with E-state index in [-0.39, 0.29) is 17.9 Å². The fraction of sp³-hybridized carbons (Fsp3) is 0.423. The lowest BCUT2D eigenvalue weighted by Gasteiger charge is -2.35. The number of benzene rings is 2. The van der Waals surface area contributed by atoms with Gasteiger partial charge in [0.15, 0.2) is 0 Å². The van der Waals surface area contributed by atoms with E-state index in [1.54, 1.807) is 6.07 Å². The number of amides is 1. The molecule has 2 aromatic rings. The maximum absolute atomic E-state index is 13.8. The van der Waals surface area contributed by atoms with E-state index in [9.17, 15) is 4.79 Å². The van der Waals surface area contributed by atoms with Crippen molar-refractivity contribution in [3.8, 4) is 0 Å². The van der Waals surface area contributed by atoms with Gasteiger partial charge in [-0.15, -0.1) is 0 Å². The summed E-state index contributed by atoms with van der Waals surface area (Å²) in [5.41, 5.74) is 4.14. The van der Waals surface area contributed by atoms with Crippen LogP contribution in [-0.2, 0) is 4.79 Å². The van der Waals surface area contributed by atoms with E-state index in [0.717, 1.165) is 62.3 Å². The number of nitrogens with zero attached hydrogens (tertiary/aromatic N) is 3. The Morgan fingerprint density at radius 1 is 0.938 bits per heavy atom. The molecule has 6 heteroatoms. The molecule has 2 heterocycles. The van der Waals surface area contributed by atoms with Crippen molar-refractivity contribution in [3.05, 3.63) is 63.6 Å². The molecule has 2 unspecified atom stereocenters. The molecule has 5 rings (SSSR count). The van der Waals surface area contributed by atoms with Crippen molar-refractivity contribution >= 4 is 46.6 Å². The first-order valence-electron chi connectivity index (χ1n) is 11.6. The van der Waals surface area contributed by atoms with Crippen molar-refractivity contribution in [2.45, 2.75) is 31.7 Å². The topological polar surface area (TPSA) is 26.8 Å². The number of likely N-dealkylation sites (N-methyl/N-ethyl adjacent to an activating group) is 1. The number of carbonyl (C=O) groups excluding carboxylic acids is 1. The molecule has 0 bridgehead atoms. The average molecular weight is 470 g/mol. The number of hydrogen-bond acceptors (Lipinski definition) is 3. The van der Waals surface area contributed by atoms with Gasteiger partial charge in [-0.3, -0.25) is 4.79 Å². The quantitative estimate of drug-likeness (QED) is 0.536. The molecule has 1 aliphatic carbocycles. The lowest BCUT2D eigenvalue weighted by Crippen LogP contribution is -2.44. The number of para-hydroxylation sites is 1. The van der Waals surface area contributed by atoms with Crippen molar-refractivity contribution < 1.29 is 4.79 Å². The molecule has 0 radical (unpaired) electrons. The van der Waals surface area contributed by atoms with Crippen molar-refractivity contribution in [2.75, 3.05) is 43.0 Å². The van der Waals surface area contributed by atoms with Gasteiger partial charge >= 0.3 is 0 Å². The monoisotopic (exact) mass is 469 g/mol. The van der Waals surface area contributed by atoms with Crippen LogP contribution in [0.3, 0.4) is 0 Å². The van der Waals surface area contributed by atoms with Crippen molar-refractivity contribution in [1.82, 2.24) is 4.90 Å². The van der Waals surface area contributed by atoms with Crippen LogP contribution < -0.4 is 9.80 Å². The third-order valence-electron chi connectivity index (χ3n) is 7.20. The number of hydrogen-bond donors (Lipinski definition) is 0. The third kappa shape index (κ3) is 4.05. The van der Waals surface area contributed by atoms with Gasteiger partial charge in [-0.1, -0.05) is 54.2 Å². The number of rotatable bonds is 3. The maximum atomic E-state index is 13.8. The van der Waals surface area contributed by atoms with Crippen molar-refractivity contribution in [1.29, 1.82) is 0 Å². The molecule has 0 N–H and O–H groups in total. The third-order valence-corrected chi connectivity index (χ3v) is 7.94. The van der Waals surface area contributed by atoms with Gasteiger partial charge in [-0.05, 0) is 55.8 Å². The maximum Gasteiger partial charge on any atom is 0.254 e. The molecule has 2 atom stereocenters. The SMILES string of the molecule is CN1CCN(c2ccccc2C=C2C(=O)N(c3ccc(Cl)c(Cl)c3)C3CCCCC23)CC1. The van der Waals surface area contributed by atoms with Gasteiger partial charge in [-0.2, -0.15) is 0 Å². The van der Waals surface area contributed by atoms with E-state index < -0.39 is 0 Å². The molecule has 0 aromatic heterocycles. The summed E-state index contributed by atoms with van der Waals surface area (Å²) < 4.78 is 0. The van der Waals surface area contributed by atoms with E-state index in [1.807, 2.05) is 17.0 Å². The van der Waals surface area contributed by atoms with Gasteiger partial charge < -0.3 is 14.7 Å². The Morgan fingerprint density at radius 2 is 1.69 bits per heavy atom. The first kappa shape index (κ1) is 21.8. The summed E-state index contributed by atoms with van der Waals surface area (Å²) in [6.45, 7) is 4.12. The first-order valence-corrected chi connectivity index (χ1v) is 12.3. The fourth-order valence-electron chi connectivity index (χ4n) is 5.46. The van der Waals surface area contributed by atoms with E-state index in [4.69, 9.17) is 23.2 Å².